The molecule has 1 atom stereocenters. The fourth-order valence-corrected chi connectivity index (χ4v) is 3.03. The standard InChI is InChI=1S/C16H13Cl2N3O/c17-10-1-2-14(18)12(5-10)15-6-11(9-3-4-22-8-9)13(7-19)16(20)21-15/h1-2,5-6,9H,3-4,8H2,(H2,20,21). The largest absolute Gasteiger partial charge is 0.383 e. The lowest BCUT2D eigenvalue weighted by Crippen LogP contribution is -2.07. The number of hydrogen-bond donors (Lipinski definition) is 1. The maximum absolute atomic E-state index is 9.36. The van der Waals surface area contributed by atoms with Crippen LogP contribution in [0.3, 0.4) is 0 Å². The molecule has 0 aliphatic carbocycles. The summed E-state index contributed by atoms with van der Waals surface area (Å²) in [6.07, 6.45) is 0.862. The van der Waals surface area contributed by atoms with Gasteiger partial charge in [0.15, 0.2) is 0 Å². The molecule has 22 heavy (non-hydrogen) atoms. The second-order valence-corrected chi connectivity index (χ2v) is 6.00. The molecule has 1 aromatic heterocycles. The van der Waals surface area contributed by atoms with Crippen molar-refractivity contribution in [2.24, 2.45) is 0 Å². The molecular weight excluding hydrogens is 321 g/mol. The van der Waals surface area contributed by atoms with Gasteiger partial charge in [-0.15, -0.1) is 0 Å². The average molecular weight is 334 g/mol. The minimum Gasteiger partial charge on any atom is -0.383 e. The van der Waals surface area contributed by atoms with Crippen LogP contribution >= 0.6 is 23.2 Å². The highest BCUT2D eigenvalue weighted by molar-refractivity contribution is 6.35. The van der Waals surface area contributed by atoms with Gasteiger partial charge in [-0.1, -0.05) is 23.2 Å². The fourth-order valence-electron chi connectivity index (χ4n) is 2.64. The summed E-state index contributed by atoms with van der Waals surface area (Å²) in [6, 6.07) is 9.18. The van der Waals surface area contributed by atoms with Crippen LogP contribution in [-0.2, 0) is 4.74 Å². The second kappa shape index (κ2) is 6.13. The Kier molecular flexibility index (Phi) is 4.21. The van der Waals surface area contributed by atoms with Crippen LogP contribution in [0.2, 0.25) is 10.0 Å². The zero-order valence-corrected chi connectivity index (χ0v) is 13.2. The van der Waals surface area contributed by atoms with E-state index in [1.54, 1.807) is 18.2 Å². The quantitative estimate of drug-likeness (QED) is 0.900. The number of ether oxygens (including phenoxy) is 1. The summed E-state index contributed by atoms with van der Waals surface area (Å²) in [5.41, 5.74) is 8.57. The Morgan fingerprint density at radius 2 is 2.14 bits per heavy atom. The zero-order chi connectivity index (χ0) is 15.7. The zero-order valence-electron chi connectivity index (χ0n) is 11.6. The summed E-state index contributed by atoms with van der Waals surface area (Å²) in [4.78, 5) is 4.32. The van der Waals surface area contributed by atoms with Gasteiger partial charge in [0.25, 0.3) is 0 Å². The minimum absolute atomic E-state index is 0.150. The van der Waals surface area contributed by atoms with Crippen molar-refractivity contribution < 1.29 is 4.74 Å². The Morgan fingerprint density at radius 3 is 2.82 bits per heavy atom. The average Bonchev–Trinajstić information content (AvgIpc) is 3.03. The lowest BCUT2D eigenvalue weighted by Gasteiger charge is -2.14. The number of nitriles is 1. The molecule has 1 aromatic carbocycles. The second-order valence-electron chi connectivity index (χ2n) is 5.15. The minimum atomic E-state index is 0.150. The van der Waals surface area contributed by atoms with E-state index >= 15 is 0 Å². The molecule has 1 saturated heterocycles. The smallest absolute Gasteiger partial charge is 0.142 e. The molecule has 1 unspecified atom stereocenters. The number of nitrogens with two attached hydrogens (primary N) is 1. The topological polar surface area (TPSA) is 71.9 Å². The molecule has 6 heteroatoms. The third-order valence-electron chi connectivity index (χ3n) is 3.76. The van der Waals surface area contributed by atoms with Gasteiger partial charge in [-0.2, -0.15) is 5.26 Å². The van der Waals surface area contributed by atoms with E-state index in [0.29, 0.717) is 40.1 Å². The summed E-state index contributed by atoms with van der Waals surface area (Å²) in [7, 11) is 0. The van der Waals surface area contributed by atoms with E-state index < -0.39 is 0 Å². The molecule has 3 rings (SSSR count). The van der Waals surface area contributed by atoms with Gasteiger partial charge in [0.1, 0.15) is 11.9 Å². The van der Waals surface area contributed by atoms with Gasteiger partial charge in [0.05, 0.1) is 22.9 Å². The van der Waals surface area contributed by atoms with Crippen LogP contribution in [0, 0.1) is 11.3 Å². The Balaban J connectivity index is 2.17. The van der Waals surface area contributed by atoms with Crippen molar-refractivity contribution in [2.45, 2.75) is 12.3 Å². The Labute approximate surface area is 138 Å². The molecule has 0 saturated carbocycles. The maximum atomic E-state index is 9.36. The summed E-state index contributed by atoms with van der Waals surface area (Å²) in [6.45, 7) is 1.27. The van der Waals surface area contributed by atoms with Crippen molar-refractivity contribution in [3.05, 3.63) is 45.4 Å². The van der Waals surface area contributed by atoms with Gasteiger partial charge in [-0.05, 0) is 36.2 Å². The molecule has 0 spiro atoms. The highest BCUT2D eigenvalue weighted by atomic mass is 35.5. The number of nitrogens with zero attached hydrogens (tertiary/aromatic N) is 2. The Hall–Kier alpha value is -1.80. The van der Waals surface area contributed by atoms with Crippen LogP contribution in [-0.4, -0.2) is 18.2 Å². The maximum Gasteiger partial charge on any atom is 0.142 e. The van der Waals surface area contributed by atoms with E-state index in [9.17, 15) is 5.26 Å². The molecule has 0 radical (unpaired) electrons. The molecule has 4 nitrogen and oxygen atoms in total. The van der Waals surface area contributed by atoms with E-state index in [1.165, 1.54) is 0 Å². The van der Waals surface area contributed by atoms with Gasteiger partial charge >= 0.3 is 0 Å². The first-order valence-electron chi connectivity index (χ1n) is 6.84. The molecule has 0 amide bonds. The Bertz CT molecular complexity index is 765. The lowest BCUT2D eigenvalue weighted by atomic mass is 9.93. The third-order valence-corrected chi connectivity index (χ3v) is 4.33. The predicted octanol–water partition coefficient (Wildman–Crippen LogP) is 4.01. The van der Waals surface area contributed by atoms with Crippen molar-refractivity contribution in [2.75, 3.05) is 18.9 Å². The predicted molar refractivity (Wildman–Crippen MR) is 87.0 cm³/mol. The van der Waals surface area contributed by atoms with Crippen molar-refractivity contribution >= 4 is 29.0 Å². The number of halogens is 2. The number of nitrogen functional groups attached to an aromatic ring is 1. The van der Waals surface area contributed by atoms with Crippen molar-refractivity contribution in [1.82, 2.24) is 4.98 Å². The molecule has 1 fully saturated rings. The third kappa shape index (κ3) is 2.76. The fraction of sp³-hybridized carbons (Fsp3) is 0.250. The van der Waals surface area contributed by atoms with Gasteiger partial charge in [0.2, 0.25) is 0 Å². The van der Waals surface area contributed by atoms with Crippen LogP contribution in [0.5, 0.6) is 0 Å². The molecule has 0 bridgehead atoms. The SMILES string of the molecule is N#Cc1c(C2CCOC2)cc(-c2cc(Cl)ccc2Cl)nc1N. The van der Waals surface area contributed by atoms with Crippen molar-refractivity contribution in [3.63, 3.8) is 0 Å². The van der Waals surface area contributed by atoms with E-state index in [0.717, 1.165) is 12.0 Å². The van der Waals surface area contributed by atoms with Crippen LogP contribution < -0.4 is 5.73 Å². The van der Waals surface area contributed by atoms with Crippen LogP contribution in [0.15, 0.2) is 24.3 Å². The normalized spacial score (nSPS) is 17.4. The summed E-state index contributed by atoms with van der Waals surface area (Å²) in [5.74, 6) is 0.356. The number of benzene rings is 1. The van der Waals surface area contributed by atoms with Crippen LogP contribution in [0.1, 0.15) is 23.5 Å². The molecule has 2 N–H and O–H groups in total. The van der Waals surface area contributed by atoms with E-state index in [4.69, 9.17) is 33.7 Å². The van der Waals surface area contributed by atoms with Crippen LogP contribution in [0.25, 0.3) is 11.3 Å². The molecular formula is C16H13Cl2N3O. The number of rotatable bonds is 2. The van der Waals surface area contributed by atoms with Gasteiger partial charge in [0, 0.05) is 23.1 Å². The molecule has 1 aliphatic heterocycles. The molecule has 2 aromatic rings. The first-order valence-corrected chi connectivity index (χ1v) is 7.59. The monoisotopic (exact) mass is 333 g/mol. The highest BCUT2D eigenvalue weighted by Gasteiger charge is 2.24. The number of aromatic nitrogens is 1. The van der Waals surface area contributed by atoms with E-state index in [1.807, 2.05) is 6.07 Å². The van der Waals surface area contributed by atoms with E-state index in [2.05, 4.69) is 11.1 Å². The highest BCUT2D eigenvalue weighted by Crippen LogP contribution is 2.35. The Morgan fingerprint density at radius 1 is 1.32 bits per heavy atom. The van der Waals surface area contributed by atoms with E-state index in [-0.39, 0.29) is 11.7 Å². The first-order chi connectivity index (χ1) is 10.6. The summed E-state index contributed by atoms with van der Waals surface area (Å²) >= 11 is 12.3. The summed E-state index contributed by atoms with van der Waals surface area (Å²) < 4.78 is 5.42. The van der Waals surface area contributed by atoms with Gasteiger partial charge < -0.3 is 10.5 Å². The number of pyridine rings is 1. The number of hydrogen-bond acceptors (Lipinski definition) is 4. The van der Waals surface area contributed by atoms with Gasteiger partial charge in [-0.25, -0.2) is 4.98 Å². The lowest BCUT2D eigenvalue weighted by molar-refractivity contribution is 0.194. The van der Waals surface area contributed by atoms with Crippen molar-refractivity contribution in [3.8, 4) is 17.3 Å². The molecule has 2 heterocycles. The van der Waals surface area contributed by atoms with Gasteiger partial charge in [-0.3, -0.25) is 0 Å². The summed E-state index contributed by atoms with van der Waals surface area (Å²) in [5, 5.41) is 10.5. The molecule has 1 aliphatic rings. The molecule has 112 valence electrons. The first kappa shape index (κ1) is 15.1. The van der Waals surface area contributed by atoms with Crippen molar-refractivity contribution in [1.29, 1.82) is 5.26 Å². The number of anilines is 1. The van der Waals surface area contributed by atoms with Crippen LogP contribution in [0.4, 0.5) is 5.82 Å².